The summed E-state index contributed by atoms with van der Waals surface area (Å²) in [5, 5.41) is 10.4. The average molecular weight is 244 g/mol. The van der Waals surface area contributed by atoms with Gasteiger partial charge in [-0.15, -0.1) is 0 Å². The SMILES string of the molecule is [CH2]C(CP(=O)(O)O)c1ccc([N+](=O)[O-])cc1. The van der Waals surface area contributed by atoms with E-state index in [2.05, 4.69) is 6.92 Å². The molecule has 1 atom stereocenters. The highest BCUT2D eigenvalue weighted by Gasteiger charge is 2.19. The summed E-state index contributed by atoms with van der Waals surface area (Å²) >= 11 is 0. The van der Waals surface area contributed by atoms with Gasteiger partial charge in [0.2, 0.25) is 0 Å². The van der Waals surface area contributed by atoms with Crippen LogP contribution in [0.1, 0.15) is 11.5 Å². The minimum atomic E-state index is -4.11. The molecule has 0 aliphatic heterocycles. The number of non-ortho nitro benzene ring substituents is 1. The second kappa shape index (κ2) is 4.74. The van der Waals surface area contributed by atoms with Crippen molar-refractivity contribution in [1.29, 1.82) is 0 Å². The van der Waals surface area contributed by atoms with Gasteiger partial charge in [0.25, 0.3) is 5.69 Å². The minimum Gasteiger partial charge on any atom is -0.324 e. The fourth-order valence-corrected chi connectivity index (χ4v) is 2.05. The second-order valence-electron chi connectivity index (χ2n) is 3.39. The molecule has 1 rings (SSSR count). The van der Waals surface area contributed by atoms with Crippen molar-refractivity contribution in [1.82, 2.24) is 0 Å². The zero-order chi connectivity index (χ0) is 12.3. The lowest BCUT2D eigenvalue weighted by Crippen LogP contribution is -2.01. The number of nitro groups is 1. The van der Waals surface area contributed by atoms with Crippen molar-refractivity contribution in [3.8, 4) is 0 Å². The Balaban J connectivity index is 2.82. The molecule has 0 aliphatic carbocycles. The maximum Gasteiger partial charge on any atom is 0.326 e. The largest absolute Gasteiger partial charge is 0.326 e. The van der Waals surface area contributed by atoms with E-state index < -0.39 is 18.4 Å². The van der Waals surface area contributed by atoms with Crippen molar-refractivity contribution in [2.75, 3.05) is 6.16 Å². The Morgan fingerprint density at radius 3 is 2.25 bits per heavy atom. The lowest BCUT2D eigenvalue weighted by molar-refractivity contribution is -0.384. The Morgan fingerprint density at radius 1 is 1.38 bits per heavy atom. The van der Waals surface area contributed by atoms with Gasteiger partial charge in [-0.1, -0.05) is 12.1 Å². The third-order valence-electron chi connectivity index (χ3n) is 2.03. The van der Waals surface area contributed by atoms with Gasteiger partial charge in [0.05, 0.1) is 11.1 Å². The first-order chi connectivity index (χ1) is 7.29. The van der Waals surface area contributed by atoms with E-state index in [1.807, 2.05) is 0 Å². The van der Waals surface area contributed by atoms with Crippen molar-refractivity contribution in [2.24, 2.45) is 0 Å². The summed E-state index contributed by atoms with van der Waals surface area (Å²) in [6.45, 7) is 3.61. The van der Waals surface area contributed by atoms with E-state index in [0.717, 1.165) is 0 Å². The van der Waals surface area contributed by atoms with Gasteiger partial charge in [-0.25, -0.2) is 0 Å². The molecule has 87 valence electrons. The van der Waals surface area contributed by atoms with Gasteiger partial charge in [-0.05, 0) is 18.4 Å². The normalized spacial score (nSPS) is 13.4. The fraction of sp³-hybridized carbons (Fsp3) is 0.222. The number of nitrogens with zero attached hydrogens (tertiary/aromatic N) is 1. The summed E-state index contributed by atoms with van der Waals surface area (Å²) in [7, 11) is -4.11. The Labute approximate surface area is 92.2 Å². The summed E-state index contributed by atoms with van der Waals surface area (Å²) in [5.74, 6) is -0.582. The van der Waals surface area contributed by atoms with E-state index >= 15 is 0 Å². The van der Waals surface area contributed by atoms with Gasteiger partial charge in [-0.2, -0.15) is 0 Å². The van der Waals surface area contributed by atoms with Crippen LogP contribution in [0.2, 0.25) is 0 Å². The van der Waals surface area contributed by atoms with Crippen LogP contribution in [-0.4, -0.2) is 20.9 Å². The molecule has 6 nitrogen and oxygen atoms in total. The quantitative estimate of drug-likeness (QED) is 0.476. The Bertz CT molecular complexity index is 424. The van der Waals surface area contributed by atoms with Gasteiger partial charge < -0.3 is 9.79 Å². The second-order valence-corrected chi connectivity index (χ2v) is 5.09. The molecule has 0 spiro atoms. The standard InChI is InChI=1S/C9H11NO5P/c1-7(6-16(13,14)15)8-2-4-9(5-3-8)10(11)12/h2-5,7H,1,6H2,(H2,13,14,15). The zero-order valence-corrected chi connectivity index (χ0v) is 9.21. The minimum absolute atomic E-state index is 0.0628. The molecule has 1 unspecified atom stereocenters. The third-order valence-corrected chi connectivity index (χ3v) is 2.95. The van der Waals surface area contributed by atoms with Gasteiger partial charge in [0.1, 0.15) is 0 Å². The van der Waals surface area contributed by atoms with Crippen LogP contribution in [0.5, 0.6) is 0 Å². The van der Waals surface area contributed by atoms with Gasteiger partial charge in [-0.3, -0.25) is 14.7 Å². The molecule has 0 amide bonds. The summed E-state index contributed by atoms with van der Waals surface area (Å²) in [6, 6.07) is 5.47. The third kappa shape index (κ3) is 3.73. The van der Waals surface area contributed by atoms with Crippen LogP contribution < -0.4 is 0 Å². The van der Waals surface area contributed by atoms with Crippen molar-refractivity contribution >= 4 is 13.3 Å². The highest BCUT2D eigenvalue weighted by Crippen LogP contribution is 2.39. The van der Waals surface area contributed by atoms with Crippen LogP contribution in [-0.2, 0) is 4.57 Å². The molecular weight excluding hydrogens is 233 g/mol. The molecule has 0 aromatic heterocycles. The molecule has 1 radical (unpaired) electrons. The average Bonchev–Trinajstić information content (AvgIpc) is 2.15. The Morgan fingerprint density at radius 2 is 1.88 bits per heavy atom. The van der Waals surface area contributed by atoms with Crippen molar-refractivity contribution in [2.45, 2.75) is 5.92 Å². The van der Waals surface area contributed by atoms with E-state index in [4.69, 9.17) is 9.79 Å². The van der Waals surface area contributed by atoms with Crippen LogP contribution in [0.4, 0.5) is 5.69 Å². The molecule has 2 N–H and O–H groups in total. The molecular formula is C9H11NO5P. The Kier molecular flexibility index (Phi) is 3.80. The van der Waals surface area contributed by atoms with E-state index in [1.165, 1.54) is 24.3 Å². The number of hydrogen-bond donors (Lipinski definition) is 2. The van der Waals surface area contributed by atoms with Gasteiger partial charge in [0.15, 0.2) is 0 Å². The topological polar surface area (TPSA) is 101 Å². The van der Waals surface area contributed by atoms with Crippen molar-refractivity contribution in [3.63, 3.8) is 0 Å². The van der Waals surface area contributed by atoms with E-state index in [0.29, 0.717) is 5.56 Å². The summed E-state index contributed by atoms with van der Waals surface area (Å²) in [4.78, 5) is 27.3. The van der Waals surface area contributed by atoms with Crippen molar-refractivity contribution in [3.05, 3.63) is 46.9 Å². The molecule has 1 aromatic rings. The smallest absolute Gasteiger partial charge is 0.324 e. The summed E-state index contributed by atoms with van der Waals surface area (Å²) in [5.41, 5.74) is 0.501. The van der Waals surface area contributed by atoms with E-state index in [-0.39, 0.29) is 11.8 Å². The first-order valence-electron chi connectivity index (χ1n) is 4.41. The fourth-order valence-electron chi connectivity index (χ4n) is 1.26. The lowest BCUT2D eigenvalue weighted by Gasteiger charge is -2.12. The molecule has 0 fully saturated rings. The first kappa shape index (κ1) is 12.8. The molecule has 0 saturated heterocycles. The predicted octanol–water partition coefficient (Wildman–Crippen LogP) is 1.69. The van der Waals surface area contributed by atoms with E-state index in [1.54, 1.807) is 0 Å². The molecule has 0 heterocycles. The molecule has 16 heavy (non-hydrogen) atoms. The van der Waals surface area contributed by atoms with Crippen LogP contribution >= 0.6 is 7.60 Å². The summed E-state index contributed by atoms with van der Waals surface area (Å²) < 4.78 is 10.7. The molecule has 1 aromatic carbocycles. The zero-order valence-electron chi connectivity index (χ0n) is 8.31. The van der Waals surface area contributed by atoms with Crippen molar-refractivity contribution < 1.29 is 19.3 Å². The van der Waals surface area contributed by atoms with Crippen LogP contribution in [0.25, 0.3) is 0 Å². The van der Waals surface area contributed by atoms with Gasteiger partial charge >= 0.3 is 7.60 Å². The number of nitro benzene ring substituents is 1. The molecule has 7 heteroatoms. The van der Waals surface area contributed by atoms with Crippen LogP contribution in [0.15, 0.2) is 24.3 Å². The highest BCUT2D eigenvalue weighted by atomic mass is 31.2. The predicted molar refractivity (Wildman–Crippen MR) is 58.1 cm³/mol. The number of rotatable bonds is 4. The highest BCUT2D eigenvalue weighted by molar-refractivity contribution is 7.51. The maximum absolute atomic E-state index is 10.7. The number of hydrogen-bond acceptors (Lipinski definition) is 3. The molecule has 0 aliphatic rings. The first-order valence-corrected chi connectivity index (χ1v) is 6.21. The Hall–Kier alpha value is -1.23. The molecule has 0 bridgehead atoms. The lowest BCUT2D eigenvalue weighted by atomic mass is 10.0. The molecule has 0 saturated carbocycles. The monoisotopic (exact) mass is 244 g/mol. The number of benzene rings is 1. The summed E-state index contributed by atoms with van der Waals surface area (Å²) in [6.07, 6.45) is -0.370. The van der Waals surface area contributed by atoms with Crippen LogP contribution in [0, 0.1) is 17.0 Å². The van der Waals surface area contributed by atoms with Gasteiger partial charge in [0, 0.05) is 12.1 Å². The van der Waals surface area contributed by atoms with Crippen LogP contribution in [0.3, 0.4) is 0 Å². The maximum atomic E-state index is 10.7. The van der Waals surface area contributed by atoms with E-state index in [9.17, 15) is 14.7 Å².